The smallest absolute Gasteiger partial charge is 0.00420 e. The molecule has 1 nitrogen and oxygen atoms in total. The molecular formula is C9H19N. The molecule has 1 heteroatoms. The summed E-state index contributed by atoms with van der Waals surface area (Å²) in [6, 6.07) is 0.763. The maximum Gasteiger partial charge on any atom is 0.00420 e. The Bertz CT molecular complexity index is 101. The summed E-state index contributed by atoms with van der Waals surface area (Å²) in [6.45, 7) is 8.18. The van der Waals surface area contributed by atoms with Crippen molar-refractivity contribution in [2.75, 3.05) is 6.54 Å². The van der Waals surface area contributed by atoms with Gasteiger partial charge >= 0.3 is 0 Å². The largest absolute Gasteiger partial charge is 0.314 e. The highest BCUT2D eigenvalue weighted by Crippen LogP contribution is 2.23. The topological polar surface area (TPSA) is 12.0 Å². The van der Waals surface area contributed by atoms with Crippen molar-refractivity contribution >= 4 is 0 Å². The van der Waals surface area contributed by atoms with Crippen LogP contribution in [-0.2, 0) is 0 Å². The third kappa shape index (κ3) is 1.72. The highest BCUT2D eigenvalue weighted by Gasteiger charge is 2.24. The molecule has 1 N–H and O–H groups in total. The fourth-order valence-electron chi connectivity index (χ4n) is 1.74. The van der Waals surface area contributed by atoms with Crippen molar-refractivity contribution in [1.82, 2.24) is 5.32 Å². The summed E-state index contributed by atoms with van der Waals surface area (Å²) < 4.78 is 0. The SMILES string of the molecule is CCC(C)C1CNC(C)C1. The van der Waals surface area contributed by atoms with Crippen LogP contribution in [0.5, 0.6) is 0 Å². The van der Waals surface area contributed by atoms with Crippen molar-refractivity contribution in [1.29, 1.82) is 0 Å². The zero-order valence-corrected chi connectivity index (χ0v) is 7.35. The van der Waals surface area contributed by atoms with Gasteiger partial charge in [-0.3, -0.25) is 0 Å². The molecule has 1 aliphatic rings. The van der Waals surface area contributed by atoms with Crippen LogP contribution in [0.2, 0.25) is 0 Å². The normalized spacial score (nSPS) is 36.3. The molecule has 0 spiro atoms. The van der Waals surface area contributed by atoms with Gasteiger partial charge in [-0.15, -0.1) is 0 Å². The van der Waals surface area contributed by atoms with E-state index in [0.29, 0.717) is 0 Å². The molecule has 3 unspecified atom stereocenters. The highest BCUT2D eigenvalue weighted by atomic mass is 14.9. The summed E-state index contributed by atoms with van der Waals surface area (Å²) in [7, 11) is 0. The van der Waals surface area contributed by atoms with Crippen LogP contribution in [0, 0.1) is 11.8 Å². The van der Waals surface area contributed by atoms with Gasteiger partial charge in [-0.2, -0.15) is 0 Å². The maximum atomic E-state index is 3.48. The van der Waals surface area contributed by atoms with Gasteiger partial charge in [0.05, 0.1) is 0 Å². The predicted octanol–water partition coefficient (Wildman–Crippen LogP) is 2.03. The van der Waals surface area contributed by atoms with Crippen LogP contribution in [0.15, 0.2) is 0 Å². The lowest BCUT2D eigenvalue weighted by atomic mass is 9.90. The Kier molecular flexibility index (Phi) is 2.72. The summed E-state index contributed by atoms with van der Waals surface area (Å²) in [5, 5.41) is 3.48. The Morgan fingerprint density at radius 1 is 1.60 bits per heavy atom. The van der Waals surface area contributed by atoms with Gasteiger partial charge in [-0.05, 0) is 31.7 Å². The molecule has 1 aliphatic heterocycles. The average molecular weight is 141 g/mol. The van der Waals surface area contributed by atoms with E-state index < -0.39 is 0 Å². The predicted molar refractivity (Wildman–Crippen MR) is 45.0 cm³/mol. The summed E-state index contributed by atoms with van der Waals surface area (Å²) >= 11 is 0. The van der Waals surface area contributed by atoms with Crippen molar-refractivity contribution in [3.05, 3.63) is 0 Å². The van der Waals surface area contributed by atoms with Gasteiger partial charge in [-0.25, -0.2) is 0 Å². The molecule has 0 radical (unpaired) electrons. The number of rotatable bonds is 2. The van der Waals surface area contributed by atoms with Crippen LogP contribution >= 0.6 is 0 Å². The van der Waals surface area contributed by atoms with Crippen LogP contribution in [-0.4, -0.2) is 12.6 Å². The van der Waals surface area contributed by atoms with Crippen LogP contribution < -0.4 is 5.32 Å². The second-order valence-electron chi connectivity index (χ2n) is 3.69. The Morgan fingerprint density at radius 3 is 2.70 bits per heavy atom. The van der Waals surface area contributed by atoms with Crippen molar-refractivity contribution in [3.63, 3.8) is 0 Å². The molecule has 1 fully saturated rings. The molecule has 0 aromatic carbocycles. The molecule has 0 bridgehead atoms. The molecule has 0 saturated carbocycles. The summed E-state index contributed by atoms with van der Waals surface area (Å²) in [5.74, 6) is 1.86. The number of hydrogen-bond acceptors (Lipinski definition) is 1. The minimum atomic E-state index is 0.763. The highest BCUT2D eigenvalue weighted by molar-refractivity contribution is 4.80. The summed E-state index contributed by atoms with van der Waals surface area (Å²) in [5.41, 5.74) is 0. The van der Waals surface area contributed by atoms with Gasteiger partial charge in [0.2, 0.25) is 0 Å². The Morgan fingerprint density at radius 2 is 2.30 bits per heavy atom. The maximum absolute atomic E-state index is 3.48. The van der Waals surface area contributed by atoms with Crippen molar-refractivity contribution in [2.45, 2.75) is 39.7 Å². The van der Waals surface area contributed by atoms with Crippen molar-refractivity contribution < 1.29 is 0 Å². The lowest BCUT2D eigenvalue weighted by molar-refractivity contribution is 0.372. The van der Waals surface area contributed by atoms with Crippen LogP contribution in [0.4, 0.5) is 0 Å². The molecule has 1 rings (SSSR count). The minimum absolute atomic E-state index is 0.763. The molecule has 60 valence electrons. The zero-order chi connectivity index (χ0) is 7.56. The molecule has 3 atom stereocenters. The van der Waals surface area contributed by atoms with E-state index >= 15 is 0 Å². The first-order chi connectivity index (χ1) is 4.74. The lowest BCUT2D eigenvalue weighted by Crippen LogP contribution is -2.17. The van der Waals surface area contributed by atoms with Gasteiger partial charge in [-0.1, -0.05) is 20.3 Å². The van der Waals surface area contributed by atoms with E-state index in [1.807, 2.05) is 0 Å². The van der Waals surface area contributed by atoms with Crippen LogP contribution in [0.3, 0.4) is 0 Å². The first-order valence-corrected chi connectivity index (χ1v) is 4.47. The van der Waals surface area contributed by atoms with Gasteiger partial charge in [0, 0.05) is 6.04 Å². The van der Waals surface area contributed by atoms with Crippen LogP contribution in [0.1, 0.15) is 33.6 Å². The average Bonchev–Trinajstić information content (AvgIpc) is 2.34. The van der Waals surface area contributed by atoms with E-state index in [0.717, 1.165) is 17.9 Å². The molecule has 0 aromatic heterocycles. The minimum Gasteiger partial charge on any atom is -0.314 e. The van der Waals surface area contributed by atoms with Crippen LogP contribution in [0.25, 0.3) is 0 Å². The first kappa shape index (κ1) is 8.06. The lowest BCUT2D eigenvalue weighted by Gasteiger charge is -2.15. The quantitative estimate of drug-likeness (QED) is 0.620. The molecule has 1 saturated heterocycles. The van der Waals surface area contributed by atoms with E-state index in [9.17, 15) is 0 Å². The van der Waals surface area contributed by atoms with E-state index in [2.05, 4.69) is 26.1 Å². The van der Waals surface area contributed by atoms with Gasteiger partial charge in [0.15, 0.2) is 0 Å². The van der Waals surface area contributed by atoms with Crippen molar-refractivity contribution in [3.8, 4) is 0 Å². The summed E-state index contributed by atoms with van der Waals surface area (Å²) in [4.78, 5) is 0. The monoisotopic (exact) mass is 141 g/mol. The standard InChI is InChI=1S/C9H19N/c1-4-7(2)9-5-8(3)10-6-9/h7-10H,4-6H2,1-3H3. The van der Waals surface area contributed by atoms with Crippen molar-refractivity contribution in [2.24, 2.45) is 11.8 Å². The Labute approximate surface area is 64.2 Å². The number of nitrogens with one attached hydrogen (secondary N) is 1. The molecule has 0 aliphatic carbocycles. The van der Waals surface area contributed by atoms with E-state index in [1.165, 1.54) is 19.4 Å². The Balaban J connectivity index is 2.29. The van der Waals surface area contributed by atoms with E-state index in [1.54, 1.807) is 0 Å². The zero-order valence-electron chi connectivity index (χ0n) is 7.35. The molecular weight excluding hydrogens is 122 g/mol. The summed E-state index contributed by atoms with van der Waals surface area (Å²) in [6.07, 6.45) is 2.72. The number of hydrogen-bond donors (Lipinski definition) is 1. The second kappa shape index (κ2) is 3.38. The molecule has 0 amide bonds. The van der Waals surface area contributed by atoms with Gasteiger partial charge in [0.25, 0.3) is 0 Å². The molecule has 1 heterocycles. The third-order valence-corrected chi connectivity index (χ3v) is 2.83. The van der Waals surface area contributed by atoms with E-state index in [4.69, 9.17) is 0 Å². The first-order valence-electron chi connectivity index (χ1n) is 4.47. The Hall–Kier alpha value is -0.0400. The third-order valence-electron chi connectivity index (χ3n) is 2.83. The van der Waals surface area contributed by atoms with E-state index in [-0.39, 0.29) is 0 Å². The fourth-order valence-corrected chi connectivity index (χ4v) is 1.74. The molecule has 10 heavy (non-hydrogen) atoms. The van der Waals surface area contributed by atoms with Gasteiger partial charge in [0.1, 0.15) is 0 Å². The fraction of sp³-hybridized carbons (Fsp3) is 1.00. The second-order valence-corrected chi connectivity index (χ2v) is 3.69. The molecule has 0 aromatic rings. The van der Waals surface area contributed by atoms with Gasteiger partial charge < -0.3 is 5.32 Å².